The Morgan fingerprint density at radius 1 is 1.47 bits per heavy atom. The van der Waals surface area contributed by atoms with Crippen molar-refractivity contribution in [2.24, 2.45) is 0 Å². The molecule has 2 aliphatic rings. The van der Waals surface area contributed by atoms with E-state index in [1.165, 1.54) is 12.8 Å². The van der Waals surface area contributed by atoms with Crippen molar-refractivity contribution >= 4 is 0 Å². The molecule has 2 nitrogen and oxygen atoms in total. The van der Waals surface area contributed by atoms with E-state index < -0.39 is 0 Å². The third kappa shape index (κ3) is 1.78. The highest BCUT2D eigenvalue weighted by Gasteiger charge is 2.42. The molecule has 0 radical (unpaired) electrons. The number of likely N-dealkylation sites (tertiary alicyclic amines) is 1. The molecule has 0 aromatic heterocycles. The first-order valence-corrected chi connectivity index (χ1v) is 5.92. The zero-order valence-electron chi connectivity index (χ0n) is 9.75. The molecule has 2 rings (SSSR count). The van der Waals surface area contributed by atoms with Gasteiger partial charge in [0.1, 0.15) is 6.67 Å². The minimum absolute atomic E-state index is 0.264. The molecule has 3 heteroatoms. The molecule has 2 bridgehead atoms. The van der Waals surface area contributed by atoms with E-state index in [4.69, 9.17) is 0 Å². The third-order valence-electron chi connectivity index (χ3n) is 3.73. The summed E-state index contributed by atoms with van der Waals surface area (Å²) in [5, 5.41) is 0. The average Bonchev–Trinajstić information content (AvgIpc) is 2.53. The van der Waals surface area contributed by atoms with Gasteiger partial charge in [-0.3, -0.25) is 4.90 Å². The summed E-state index contributed by atoms with van der Waals surface area (Å²) in [4.78, 5) is 4.69. The second-order valence-electron chi connectivity index (χ2n) is 4.91. The summed E-state index contributed by atoms with van der Waals surface area (Å²) in [6.07, 6.45) is 2.44. The van der Waals surface area contributed by atoms with Gasteiger partial charge in [0.2, 0.25) is 0 Å². The van der Waals surface area contributed by atoms with E-state index in [2.05, 4.69) is 30.2 Å². The van der Waals surface area contributed by atoms with Crippen molar-refractivity contribution < 1.29 is 4.39 Å². The Labute approximate surface area is 91.7 Å². The molecule has 2 saturated heterocycles. The van der Waals surface area contributed by atoms with Crippen LogP contribution in [0.3, 0.4) is 0 Å². The number of hydrogen-bond acceptors (Lipinski definition) is 2. The molecule has 0 N–H and O–H groups in total. The SMILES string of the molecule is C=C1C2CCC(CN1CCF)N2C(C)C. The first-order valence-electron chi connectivity index (χ1n) is 5.92. The maximum Gasteiger partial charge on any atom is 0.107 e. The summed E-state index contributed by atoms with van der Waals surface area (Å²) in [5.74, 6) is 0. The van der Waals surface area contributed by atoms with Crippen LogP contribution in [-0.4, -0.2) is 47.7 Å². The Balaban J connectivity index is 2.12. The zero-order valence-corrected chi connectivity index (χ0v) is 9.75. The summed E-state index contributed by atoms with van der Waals surface area (Å²) < 4.78 is 12.4. The highest BCUT2D eigenvalue weighted by Crippen LogP contribution is 2.36. The van der Waals surface area contributed by atoms with Gasteiger partial charge in [0, 0.05) is 36.9 Å². The number of hydrogen-bond donors (Lipinski definition) is 0. The van der Waals surface area contributed by atoms with Gasteiger partial charge in [0.05, 0.1) is 0 Å². The molecule has 2 aliphatic heterocycles. The molecule has 0 amide bonds. The van der Waals surface area contributed by atoms with Gasteiger partial charge < -0.3 is 4.90 Å². The summed E-state index contributed by atoms with van der Waals surface area (Å²) in [6, 6.07) is 1.66. The lowest BCUT2D eigenvalue weighted by Crippen LogP contribution is -2.54. The van der Waals surface area contributed by atoms with E-state index in [0.717, 1.165) is 12.2 Å². The van der Waals surface area contributed by atoms with Crippen LogP contribution in [0, 0.1) is 0 Å². The molecule has 15 heavy (non-hydrogen) atoms. The highest BCUT2D eigenvalue weighted by molar-refractivity contribution is 5.15. The lowest BCUT2D eigenvalue weighted by molar-refractivity contribution is 0.0773. The molecule has 86 valence electrons. The van der Waals surface area contributed by atoms with Crippen molar-refractivity contribution in [2.45, 2.75) is 44.8 Å². The Kier molecular flexibility index (Phi) is 3.01. The minimum atomic E-state index is -0.264. The van der Waals surface area contributed by atoms with Gasteiger partial charge in [-0.25, -0.2) is 4.39 Å². The van der Waals surface area contributed by atoms with E-state index in [-0.39, 0.29) is 6.67 Å². The average molecular weight is 212 g/mol. The normalized spacial score (nSPS) is 31.7. The molecule has 0 aromatic rings. The Bertz CT molecular complexity index is 252. The third-order valence-corrected chi connectivity index (χ3v) is 3.73. The molecular formula is C12H21FN2. The van der Waals surface area contributed by atoms with Crippen LogP contribution in [-0.2, 0) is 0 Å². The number of rotatable bonds is 3. The van der Waals surface area contributed by atoms with Crippen LogP contribution in [0.2, 0.25) is 0 Å². The van der Waals surface area contributed by atoms with E-state index >= 15 is 0 Å². The molecule has 2 heterocycles. The Morgan fingerprint density at radius 3 is 2.80 bits per heavy atom. The standard InChI is InChI=1S/C12H21FN2/c1-9(2)15-11-4-5-12(15)10(3)14(8-11)7-6-13/h9,11-12H,3-8H2,1-2H3. The summed E-state index contributed by atoms with van der Waals surface area (Å²) >= 11 is 0. The first kappa shape index (κ1) is 10.9. The summed E-state index contributed by atoms with van der Waals surface area (Å²) in [7, 11) is 0. The van der Waals surface area contributed by atoms with E-state index in [9.17, 15) is 4.39 Å². The van der Waals surface area contributed by atoms with Crippen LogP contribution in [0.25, 0.3) is 0 Å². The quantitative estimate of drug-likeness (QED) is 0.706. The van der Waals surface area contributed by atoms with Crippen LogP contribution >= 0.6 is 0 Å². The molecule has 0 aliphatic carbocycles. The van der Waals surface area contributed by atoms with Crippen molar-refractivity contribution in [2.75, 3.05) is 19.8 Å². The number of fused-ring (bicyclic) bond motifs is 2. The first-order chi connectivity index (χ1) is 7.15. The summed E-state index contributed by atoms with van der Waals surface area (Å²) in [5.41, 5.74) is 1.13. The van der Waals surface area contributed by atoms with Crippen LogP contribution in [0.15, 0.2) is 12.3 Å². The van der Waals surface area contributed by atoms with E-state index in [1.54, 1.807) is 0 Å². The zero-order chi connectivity index (χ0) is 11.0. The predicted octanol–water partition coefficient (Wildman–Crippen LogP) is 2.03. The number of nitrogens with zero attached hydrogens (tertiary/aromatic N) is 2. The Hall–Kier alpha value is -0.570. The topological polar surface area (TPSA) is 6.48 Å². The highest BCUT2D eigenvalue weighted by atomic mass is 19.1. The van der Waals surface area contributed by atoms with Crippen molar-refractivity contribution in [1.82, 2.24) is 9.80 Å². The number of alkyl halides is 1. The monoisotopic (exact) mass is 212 g/mol. The largest absolute Gasteiger partial charge is 0.370 e. The fourth-order valence-corrected chi connectivity index (χ4v) is 3.13. The molecule has 2 fully saturated rings. The van der Waals surface area contributed by atoms with Gasteiger partial charge in [-0.2, -0.15) is 0 Å². The lowest BCUT2D eigenvalue weighted by Gasteiger charge is -2.45. The summed E-state index contributed by atoms with van der Waals surface area (Å²) in [6.45, 7) is 9.85. The van der Waals surface area contributed by atoms with Gasteiger partial charge >= 0.3 is 0 Å². The molecule has 2 atom stereocenters. The van der Waals surface area contributed by atoms with Crippen LogP contribution < -0.4 is 0 Å². The second-order valence-corrected chi connectivity index (χ2v) is 4.91. The smallest absolute Gasteiger partial charge is 0.107 e. The van der Waals surface area contributed by atoms with Gasteiger partial charge in [0.15, 0.2) is 0 Å². The minimum Gasteiger partial charge on any atom is -0.370 e. The lowest BCUT2D eigenvalue weighted by atomic mass is 10.1. The Morgan fingerprint density at radius 2 is 2.20 bits per heavy atom. The second kappa shape index (κ2) is 4.12. The van der Waals surface area contributed by atoms with Crippen molar-refractivity contribution in [3.63, 3.8) is 0 Å². The molecule has 0 saturated carbocycles. The van der Waals surface area contributed by atoms with Gasteiger partial charge in [0.25, 0.3) is 0 Å². The van der Waals surface area contributed by atoms with Crippen LogP contribution in [0.4, 0.5) is 4.39 Å². The molecular weight excluding hydrogens is 191 g/mol. The van der Waals surface area contributed by atoms with Gasteiger partial charge in [-0.1, -0.05) is 6.58 Å². The maximum absolute atomic E-state index is 12.4. The number of halogens is 1. The van der Waals surface area contributed by atoms with E-state index in [1.807, 2.05) is 0 Å². The van der Waals surface area contributed by atoms with Crippen LogP contribution in [0.1, 0.15) is 26.7 Å². The molecule has 2 unspecified atom stereocenters. The fourth-order valence-electron chi connectivity index (χ4n) is 3.13. The van der Waals surface area contributed by atoms with Crippen LogP contribution in [0.5, 0.6) is 0 Å². The van der Waals surface area contributed by atoms with E-state index in [0.29, 0.717) is 24.7 Å². The van der Waals surface area contributed by atoms with Gasteiger partial charge in [-0.15, -0.1) is 0 Å². The van der Waals surface area contributed by atoms with Crippen molar-refractivity contribution in [3.8, 4) is 0 Å². The fraction of sp³-hybridized carbons (Fsp3) is 0.833. The predicted molar refractivity (Wildman–Crippen MR) is 60.5 cm³/mol. The number of piperazine rings is 1. The molecule has 0 spiro atoms. The van der Waals surface area contributed by atoms with Crippen molar-refractivity contribution in [3.05, 3.63) is 12.3 Å². The molecule has 0 aromatic carbocycles. The van der Waals surface area contributed by atoms with Crippen molar-refractivity contribution in [1.29, 1.82) is 0 Å². The maximum atomic E-state index is 12.4. The van der Waals surface area contributed by atoms with Gasteiger partial charge in [-0.05, 0) is 26.7 Å².